The normalized spacial score (nSPS) is 11.2. The number of hydrogen-bond donors (Lipinski definition) is 2. The molecule has 0 aromatic heterocycles. The van der Waals surface area contributed by atoms with Crippen LogP contribution in [-0.4, -0.2) is 17.7 Å². The largest absolute Gasteiger partial charge is 0.465 e. The van der Waals surface area contributed by atoms with E-state index in [1.165, 1.54) is 0 Å². The summed E-state index contributed by atoms with van der Waals surface area (Å²) >= 11 is 11.9. The Labute approximate surface area is 104 Å². The van der Waals surface area contributed by atoms with Crippen LogP contribution in [0.25, 0.3) is 0 Å². The maximum Gasteiger partial charge on any atom is 0.404 e. The number of benzene rings is 1. The van der Waals surface area contributed by atoms with Crippen LogP contribution in [0.2, 0.25) is 10.0 Å². The minimum absolute atomic E-state index is 0.295. The van der Waals surface area contributed by atoms with Crippen molar-refractivity contribution in [2.75, 3.05) is 6.54 Å². The zero-order valence-corrected chi connectivity index (χ0v) is 10.6. The average molecular weight is 262 g/mol. The number of rotatable bonds is 3. The van der Waals surface area contributed by atoms with Gasteiger partial charge in [-0.3, -0.25) is 0 Å². The van der Waals surface area contributed by atoms with Crippen LogP contribution in [0, 0.1) is 0 Å². The molecule has 0 aliphatic carbocycles. The van der Waals surface area contributed by atoms with E-state index in [2.05, 4.69) is 5.32 Å². The molecule has 5 heteroatoms. The van der Waals surface area contributed by atoms with Crippen molar-refractivity contribution in [3.8, 4) is 0 Å². The Morgan fingerprint density at radius 1 is 1.44 bits per heavy atom. The lowest BCUT2D eigenvalue weighted by Crippen LogP contribution is -2.36. The maximum atomic E-state index is 10.5. The summed E-state index contributed by atoms with van der Waals surface area (Å²) in [6.07, 6.45) is -1.04. The molecule has 1 rings (SSSR count). The summed E-state index contributed by atoms with van der Waals surface area (Å²) in [6.45, 7) is 4.12. The van der Waals surface area contributed by atoms with Gasteiger partial charge in [0.05, 0.1) is 0 Å². The third kappa shape index (κ3) is 3.29. The molecule has 0 atom stereocenters. The van der Waals surface area contributed by atoms with Crippen molar-refractivity contribution in [1.29, 1.82) is 0 Å². The summed E-state index contributed by atoms with van der Waals surface area (Å²) in [5.41, 5.74) is 0.493. The van der Waals surface area contributed by atoms with Crippen LogP contribution in [0.3, 0.4) is 0 Å². The molecule has 0 saturated heterocycles. The summed E-state index contributed by atoms with van der Waals surface area (Å²) in [5, 5.41) is 12.0. The van der Waals surface area contributed by atoms with Gasteiger partial charge in [-0.25, -0.2) is 4.79 Å². The molecule has 0 aliphatic heterocycles. The van der Waals surface area contributed by atoms with Crippen molar-refractivity contribution in [3.63, 3.8) is 0 Å². The molecule has 16 heavy (non-hydrogen) atoms. The smallest absolute Gasteiger partial charge is 0.404 e. The number of carbonyl (C=O) groups is 1. The number of hydrogen-bond acceptors (Lipinski definition) is 1. The SMILES string of the molecule is CC(C)(CNC(=O)O)c1ccc(Cl)cc1Cl. The Kier molecular flexibility index (Phi) is 4.05. The minimum Gasteiger partial charge on any atom is -0.465 e. The second-order valence-corrected chi connectivity index (χ2v) is 5.01. The molecular weight excluding hydrogens is 249 g/mol. The molecule has 3 nitrogen and oxygen atoms in total. The minimum atomic E-state index is -1.04. The fourth-order valence-corrected chi connectivity index (χ4v) is 2.09. The average Bonchev–Trinajstić information content (AvgIpc) is 2.14. The van der Waals surface area contributed by atoms with Crippen LogP contribution < -0.4 is 5.32 Å². The Morgan fingerprint density at radius 2 is 2.06 bits per heavy atom. The van der Waals surface area contributed by atoms with E-state index >= 15 is 0 Å². The molecule has 0 bridgehead atoms. The standard InChI is InChI=1S/C11H13Cl2NO2/c1-11(2,6-14-10(15)16)8-4-3-7(12)5-9(8)13/h3-5,14H,6H2,1-2H3,(H,15,16). The number of amides is 1. The van der Waals surface area contributed by atoms with Crippen molar-refractivity contribution in [2.24, 2.45) is 0 Å². The monoisotopic (exact) mass is 261 g/mol. The lowest BCUT2D eigenvalue weighted by Gasteiger charge is -2.26. The van der Waals surface area contributed by atoms with Gasteiger partial charge < -0.3 is 10.4 Å². The molecule has 1 aromatic rings. The first kappa shape index (κ1) is 13.1. The highest BCUT2D eigenvalue weighted by molar-refractivity contribution is 6.35. The Morgan fingerprint density at radius 3 is 2.56 bits per heavy atom. The van der Waals surface area contributed by atoms with Crippen molar-refractivity contribution in [2.45, 2.75) is 19.3 Å². The lowest BCUT2D eigenvalue weighted by atomic mass is 9.84. The van der Waals surface area contributed by atoms with E-state index < -0.39 is 6.09 Å². The molecule has 2 N–H and O–H groups in total. The molecule has 1 aromatic carbocycles. The summed E-state index contributed by atoms with van der Waals surface area (Å²) in [7, 11) is 0. The first-order valence-corrected chi connectivity index (χ1v) is 5.51. The van der Waals surface area contributed by atoms with Gasteiger partial charge in [-0.05, 0) is 17.7 Å². The van der Waals surface area contributed by atoms with Gasteiger partial charge in [-0.1, -0.05) is 43.1 Å². The molecule has 0 unspecified atom stereocenters. The first-order valence-electron chi connectivity index (χ1n) is 4.75. The molecule has 88 valence electrons. The van der Waals surface area contributed by atoms with E-state index in [0.717, 1.165) is 5.56 Å². The fraction of sp³-hybridized carbons (Fsp3) is 0.364. The number of carboxylic acid groups (broad SMARTS) is 1. The van der Waals surface area contributed by atoms with E-state index in [9.17, 15) is 4.79 Å². The summed E-state index contributed by atoms with van der Waals surface area (Å²) in [4.78, 5) is 10.5. The second-order valence-electron chi connectivity index (χ2n) is 4.17. The number of halogens is 2. The predicted molar refractivity (Wildman–Crippen MR) is 65.5 cm³/mol. The van der Waals surface area contributed by atoms with Gasteiger partial charge in [-0.15, -0.1) is 0 Å². The van der Waals surface area contributed by atoms with Crippen LogP contribution in [-0.2, 0) is 5.41 Å². The molecule has 0 fully saturated rings. The van der Waals surface area contributed by atoms with E-state index in [1.807, 2.05) is 19.9 Å². The predicted octanol–water partition coefficient (Wildman–Crippen LogP) is 3.54. The number of nitrogens with one attached hydrogen (secondary N) is 1. The van der Waals surface area contributed by atoms with Crippen molar-refractivity contribution >= 4 is 29.3 Å². The van der Waals surface area contributed by atoms with E-state index in [-0.39, 0.29) is 5.41 Å². The van der Waals surface area contributed by atoms with Crippen molar-refractivity contribution in [1.82, 2.24) is 5.32 Å². The lowest BCUT2D eigenvalue weighted by molar-refractivity contribution is 0.192. The van der Waals surface area contributed by atoms with Gasteiger partial charge in [0.1, 0.15) is 0 Å². The Hall–Kier alpha value is -0.930. The van der Waals surface area contributed by atoms with Gasteiger partial charge in [0, 0.05) is 22.0 Å². The van der Waals surface area contributed by atoms with Crippen molar-refractivity contribution < 1.29 is 9.90 Å². The molecular formula is C11H13Cl2NO2. The van der Waals surface area contributed by atoms with Crippen LogP contribution in [0.4, 0.5) is 4.79 Å². The zero-order valence-electron chi connectivity index (χ0n) is 9.05. The van der Waals surface area contributed by atoms with E-state index in [4.69, 9.17) is 28.3 Å². The summed E-state index contributed by atoms with van der Waals surface area (Å²) in [5.74, 6) is 0. The van der Waals surface area contributed by atoms with Crippen molar-refractivity contribution in [3.05, 3.63) is 33.8 Å². The fourth-order valence-electron chi connectivity index (χ4n) is 1.43. The van der Waals surface area contributed by atoms with Gasteiger partial charge >= 0.3 is 6.09 Å². The first-order chi connectivity index (χ1) is 7.33. The molecule has 0 aliphatic rings. The molecule has 1 amide bonds. The highest BCUT2D eigenvalue weighted by atomic mass is 35.5. The molecule has 0 radical (unpaired) electrons. The van der Waals surface area contributed by atoms with E-state index in [1.54, 1.807) is 12.1 Å². The van der Waals surface area contributed by atoms with Crippen LogP contribution in [0.15, 0.2) is 18.2 Å². The summed E-state index contributed by atoms with van der Waals surface area (Å²) < 4.78 is 0. The highest BCUT2D eigenvalue weighted by Gasteiger charge is 2.23. The third-order valence-corrected chi connectivity index (χ3v) is 2.89. The van der Waals surface area contributed by atoms with Gasteiger partial charge in [0.15, 0.2) is 0 Å². The molecule has 0 heterocycles. The second kappa shape index (κ2) is 4.93. The van der Waals surface area contributed by atoms with Gasteiger partial charge in [0.2, 0.25) is 0 Å². The van der Waals surface area contributed by atoms with E-state index in [0.29, 0.717) is 16.6 Å². The van der Waals surface area contributed by atoms with Gasteiger partial charge in [-0.2, -0.15) is 0 Å². The Bertz CT molecular complexity index is 405. The molecule has 0 spiro atoms. The molecule has 0 saturated carbocycles. The summed E-state index contributed by atoms with van der Waals surface area (Å²) in [6, 6.07) is 5.21. The van der Waals surface area contributed by atoms with Gasteiger partial charge in [0.25, 0.3) is 0 Å². The quantitative estimate of drug-likeness (QED) is 0.875. The highest BCUT2D eigenvalue weighted by Crippen LogP contribution is 2.31. The zero-order chi connectivity index (χ0) is 12.3. The maximum absolute atomic E-state index is 10.5. The van der Waals surface area contributed by atoms with Crippen LogP contribution >= 0.6 is 23.2 Å². The topological polar surface area (TPSA) is 49.3 Å². The third-order valence-electron chi connectivity index (χ3n) is 2.34. The Balaban J connectivity index is 2.92. The van der Waals surface area contributed by atoms with Crippen LogP contribution in [0.1, 0.15) is 19.4 Å². The van der Waals surface area contributed by atoms with Crippen LogP contribution in [0.5, 0.6) is 0 Å².